The van der Waals surface area contributed by atoms with Gasteiger partial charge in [0.05, 0.1) is 12.8 Å². The van der Waals surface area contributed by atoms with E-state index in [-0.39, 0.29) is 11.8 Å². The van der Waals surface area contributed by atoms with Crippen molar-refractivity contribution in [3.63, 3.8) is 0 Å². The Bertz CT molecular complexity index is 1050. The van der Waals surface area contributed by atoms with E-state index in [9.17, 15) is 4.79 Å². The van der Waals surface area contributed by atoms with E-state index in [0.29, 0.717) is 22.2 Å². The summed E-state index contributed by atoms with van der Waals surface area (Å²) in [5.41, 5.74) is 1.80. The molecule has 0 spiro atoms. The summed E-state index contributed by atoms with van der Waals surface area (Å²) in [5, 5.41) is 3.59. The van der Waals surface area contributed by atoms with Crippen molar-refractivity contribution in [2.45, 2.75) is 19.4 Å². The van der Waals surface area contributed by atoms with Gasteiger partial charge >= 0.3 is 0 Å². The van der Waals surface area contributed by atoms with Crippen molar-refractivity contribution in [1.82, 2.24) is 4.90 Å². The zero-order valence-corrected chi connectivity index (χ0v) is 18.8. The smallest absolute Gasteiger partial charge is 0.227 e. The fraction of sp³-hybridized carbons (Fsp3) is 0.269. The van der Waals surface area contributed by atoms with Crippen LogP contribution in [0.25, 0.3) is 0 Å². The molecular formula is C26H27ClN2O3. The molecule has 0 unspecified atom stereocenters. The molecule has 1 amide bonds. The molecule has 3 aromatic carbocycles. The minimum absolute atomic E-state index is 0.00575. The summed E-state index contributed by atoms with van der Waals surface area (Å²) in [4.78, 5) is 15.4. The number of hydrogen-bond donors (Lipinski definition) is 1. The molecular weight excluding hydrogens is 424 g/mol. The van der Waals surface area contributed by atoms with E-state index < -0.39 is 0 Å². The van der Waals surface area contributed by atoms with Crippen LogP contribution in [0.3, 0.4) is 0 Å². The van der Waals surface area contributed by atoms with Crippen LogP contribution in [0.15, 0.2) is 72.8 Å². The monoisotopic (exact) mass is 450 g/mol. The zero-order valence-electron chi connectivity index (χ0n) is 18.1. The van der Waals surface area contributed by atoms with Gasteiger partial charge in [0.25, 0.3) is 0 Å². The normalized spacial score (nSPS) is 14.7. The van der Waals surface area contributed by atoms with E-state index in [1.807, 2.05) is 42.5 Å². The average Bonchev–Trinajstić information content (AvgIpc) is 2.82. The number of hydrogen-bond acceptors (Lipinski definition) is 4. The number of amides is 1. The summed E-state index contributed by atoms with van der Waals surface area (Å²) in [6.07, 6.45) is 1.62. The van der Waals surface area contributed by atoms with Crippen molar-refractivity contribution < 1.29 is 14.3 Å². The lowest BCUT2D eigenvalue weighted by Crippen LogP contribution is -2.37. The predicted octanol–water partition coefficient (Wildman–Crippen LogP) is 5.99. The van der Waals surface area contributed by atoms with Gasteiger partial charge in [-0.3, -0.25) is 9.69 Å². The van der Waals surface area contributed by atoms with Gasteiger partial charge in [-0.2, -0.15) is 0 Å². The topological polar surface area (TPSA) is 50.8 Å². The maximum absolute atomic E-state index is 13.0. The van der Waals surface area contributed by atoms with Gasteiger partial charge < -0.3 is 14.8 Å². The van der Waals surface area contributed by atoms with E-state index in [4.69, 9.17) is 21.1 Å². The number of benzene rings is 3. The van der Waals surface area contributed by atoms with E-state index in [0.717, 1.165) is 38.2 Å². The molecule has 6 heteroatoms. The van der Waals surface area contributed by atoms with Gasteiger partial charge in [0.15, 0.2) is 5.75 Å². The van der Waals surface area contributed by atoms with Crippen molar-refractivity contribution in [3.05, 3.63) is 83.4 Å². The average molecular weight is 451 g/mol. The van der Waals surface area contributed by atoms with Gasteiger partial charge in [-0.05, 0) is 74.0 Å². The lowest BCUT2D eigenvalue weighted by molar-refractivity contribution is -0.121. The van der Waals surface area contributed by atoms with Crippen LogP contribution in [0.2, 0.25) is 5.02 Å². The Morgan fingerprint density at radius 1 is 1.00 bits per heavy atom. The standard InChI is InChI=1S/C26H27ClN2O3/c1-31-23-9-5-6-19(16-23)18-29-14-12-20(13-15-29)26(30)28-24-17-21(27)10-11-25(24)32-22-7-3-2-4-8-22/h2-11,16-17,20H,12-15,18H2,1H3,(H,28,30). The number of anilines is 1. The number of ether oxygens (including phenoxy) is 2. The number of nitrogens with one attached hydrogen (secondary N) is 1. The van der Waals surface area contributed by atoms with E-state index in [2.05, 4.69) is 22.3 Å². The summed E-state index contributed by atoms with van der Waals surface area (Å²) < 4.78 is 11.3. The van der Waals surface area contributed by atoms with Crippen molar-refractivity contribution in [2.24, 2.45) is 5.92 Å². The molecule has 0 radical (unpaired) electrons. The van der Waals surface area contributed by atoms with Crippen LogP contribution in [0.4, 0.5) is 5.69 Å². The Labute approximate surface area is 193 Å². The lowest BCUT2D eigenvalue weighted by atomic mass is 9.95. The summed E-state index contributed by atoms with van der Waals surface area (Å²) in [6, 6.07) is 22.9. The van der Waals surface area contributed by atoms with Crippen LogP contribution < -0.4 is 14.8 Å². The van der Waals surface area contributed by atoms with Gasteiger partial charge in [-0.1, -0.05) is 41.9 Å². The fourth-order valence-electron chi connectivity index (χ4n) is 3.92. The Morgan fingerprint density at radius 3 is 2.50 bits per heavy atom. The molecule has 166 valence electrons. The van der Waals surface area contributed by atoms with Gasteiger partial charge in [-0.25, -0.2) is 0 Å². The molecule has 0 aliphatic carbocycles. The minimum atomic E-state index is -0.0416. The molecule has 3 aromatic rings. The minimum Gasteiger partial charge on any atom is -0.497 e. The van der Waals surface area contributed by atoms with Crippen molar-refractivity contribution in [1.29, 1.82) is 0 Å². The second kappa shape index (κ2) is 10.5. The quantitative estimate of drug-likeness (QED) is 0.480. The van der Waals surface area contributed by atoms with Crippen LogP contribution in [0.5, 0.6) is 17.2 Å². The van der Waals surface area contributed by atoms with Crippen LogP contribution in [0, 0.1) is 5.92 Å². The Balaban J connectivity index is 1.35. The first-order valence-electron chi connectivity index (χ1n) is 10.8. The maximum atomic E-state index is 13.0. The third-order valence-electron chi connectivity index (χ3n) is 5.67. The molecule has 0 bridgehead atoms. The van der Waals surface area contributed by atoms with Crippen molar-refractivity contribution in [2.75, 3.05) is 25.5 Å². The molecule has 4 rings (SSSR count). The van der Waals surface area contributed by atoms with Crippen molar-refractivity contribution >= 4 is 23.2 Å². The third-order valence-corrected chi connectivity index (χ3v) is 5.90. The number of nitrogens with zero attached hydrogens (tertiary/aromatic N) is 1. The number of carbonyl (C=O) groups excluding carboxylic acids is 1. The van der Waals surface area contributed by atoms with Crippen LogP contribution in [-0.4, -0.2) is 31.0 Å². The number of methoxy groups -OCH3 is 1. The Kier molecular flexibility index (Phi) is 7.30. The number of piperidine rings is 1. The van der Waals surface area contributed by atoms with E-state index >= 15 is 0 Å². The highest BCUT2D eigenvalue weighted by atomic mass is 35.5. The Morgan fingerprint density at radius 2 is 1.75 bits per heavy atom. The SMILES string of the molecule is COc1cccc(CN2CCC(C(=O)Nc3cc(Cl)ccc3Oc3ccccc3)CC2)c1. The second-order valence-electron chi connectivity index (χ2n) is 7.95. The number of halogens is 1. The highest BCUT2D eigenvalue weighted by Gasteiger charge is 2.26. The van der Waals surface area contributed by atoms with Crippen molar-refractivity contribution in [3.8, 4) is 17.2 Å². The molecule has 32 heavy (non-hydrogen) atoms. The highest BCUT2D eigenvalue weighted by Crippen LogP contribution is 2.33. The molecule has 1 saturated heterocycles. The van der Waals surface area contributed by atoms with Crippen LogP contribution >= 0.6 is 11.6 Å². The molecule has 1 aliphatic rings. The first-order valence-corrected chi connectivity index (χ1v) is 11.2. The third kappa shape index (κ3) is 5.81. The van der Waals surface area contributed by atoms with E-state index in [1.165, 1.54) is 5.56 Å². The summed E-state index contributed by atoms with van der Waals surface area (Å²) in [6.45, 7) is 2.60. The van der Waals surface area contributed by atoms with Gasteiger partial charge in [0, 0.05) is 17.5 Å². The molecule has 0 aromatic heterocycles. The van der Waals surface area contributed by atoms with Gasteiger partial charge in [-0.15, -0.1) is 0 Å². The van der Waals surface area contributed by atoms with Crippen LogP contribution in [0.1, 0.15) is 18.4 Å². The number of rotatable bonds is 7. The first kappa shape index (κ1) is 22.2. The van der Waals surface area contributed by atoms with E-state index in [1.54, 1.807) is 25.3 Å². The molecule has 5 nitrogen and oxygen atoms in total. The molecule has 0 atom stereocenters. The van der Waals surface area contributed by atoms with Gasteiger partial charge in [0.1, 0.15) is 11.5 Å². The number of carbonyl (C=O) groups is 1. The Hall–Kier alpha value is -3.02. The summed E-state index contributed by atoms with van der Waals surface area (Å²) in [7, 11) is 1.68. The predicted molar refractivity (Wildman–Crippen MR) is 128 cm³/mol. The molecule has 1 heterocycles. The largest absolute Gasteiger partial charge is 0.497 e. The highest BCUT2D eigenvalue weighted by molar-refractivity contribution is 6.31. The summed E-state index contributed by atoms with van der Waals surface area (Å²) in [5.74, 6) is 2.11. The lowest BCUT2D eigenvalue weighted by Gasteiger charge is -2.31. The number of para-hydroxylation sites is 1. The molecule has 1 N–H and O–H groups in total. The summed E-state index contributed by atoms with van der Waals surface area (Å²) >= 11 is 6.18. The zero-order chi connectivity index (χ0) is 22.3. The molecule has 1 aliphatic heterocycles. The molecule has 0 saturated carbocycles. The second-order valence-corrected chi connectivity index (χ2v) is 8.38. The molecule has 1 fully saturated rings. The van der Waals surface area contributed by atoms with Crippen LogP contribution in [-0.2, 0) is 11.3 Å². The fourth-order valence-corrected chi connectivity index (χ4v) is 4.09. The maximum Gasteiger partial charge on any atom is 0.227 e. The number of likely N-dealkylation sites (tertiary alicyclic amines) is 1. The first-order chi connectivity index (χ1) is 15.6. The van der Waals surface area contributed by atoms with Gasteiger partial charge in [0.2, 0.25) is 5.91 Å².